The molecule has 0 heterocycles. The fraction of sp³-hybridized carbons (Fsp3) is 0.647. The first kappa shape index (κ1) is 16.1. The third-order valence-electron chi connectivity index (χ3n) is 4.70. The van der Waals surface area contributed by atoms with Crippen molar-refractivity contribution in [1.29, 1.82) is 0 Å². The van der Waals surface area contributed by atoms with E-state index >= 15 is 0 Å². The molecule has 0 amide bonds. The van der Waals surface area contributed by atoms with Crippen LogP contribution in [0.2, 0.25) is 0 Å². The first-order chi connectivity index (χ1) is 10.2. The summed E-state index contributed by atoms with van der Waals surface area (Å²) in [6, 6.07) is 5.52. The van der Waals surface area contributed by atoms with Gasteiger partial charge in [-0.2, -0.15) is 0 Å². The Bertz CT molecular complexity index is 431. The topological polar surface area (TPSA) is 53.7 Å². The highest BCUT2D eigenvalue weighted by atomic mass is 16.5. The summed E-state index contributed by atoms with van der Waals surface area (Å²) < 4.78 is 16.9. The molecule has 1 aliphatic rings. The molecule has 1 aliphatic carbocycles. The minimum absolute atomic E-state index is 0.258. The maximum Gasteiger partial charge on any atom is 0.127 e. The summed E-state index contributed by atoms with van der Waals surface area (Å²) >= 11 is 0. The van der Waals surface area contributed by atoms with E-state index in [0.29, 0.717) is 0 Å². The molecule has 0 bridgehead atoms. The highest BCUT2D eigenvalue weighted by Gasteiger charge is 2.40. The molecule has 0 radical (unpaired) electrons. The van der Waals surface area contributed by atoms with Crippen LogP contribution in [-0.4, -0.2) is 26.9 Å². The number of rotatable bonds is 5. The molecule has 1 atom stereocenters. The number of ether oxygens (including phenoxy) is 3. The van der Waals surface area contributed by atoms with E-state index in [0.717, 1.165) is 42.7 Å². The van der Waals surface area contributed by atoms with Crippen molar-refractivity contribution < 1.29 is 14.2 Å². The van der Waals surface area contributed by atoms with Crippen molar-refractivity contribution >= 4 is 0 Å². The Morgan fingerprint density at radius 1 is 0.952 bits per heavy atom. The lowest BCUT2D eigenvalue weighted by Gasteiger charge is -2.38. The molecular formula is C17H27NO3. The fourth-order valence-electron chi connectivity index (χ4n) is 3.42. The fourth-order valence-corrected chi connectivity index (χ4v) is 3.42. The summed E-state index contributed by atoms with van der Waals surface area (Å²) in [6.45, 7) is 0. The van der Waals surface area contributed by atoms with Crippen LogP contribution in [0.4, 0.5) is 0 Å². The lowest BCUT2D eigenvalue weighted by molar-refractivity contribution is -0.0450. The monoisotopic (exact) mass is 293 g/mol. The van der Waals surface area contributed by atoms with Gasteiger partial charge in [0.2, 0.25) is 0 Å². The molecule has 0 aromatic heterocycles. The molecule has 0 saturated heterocycles. The first-order valence-electron chi connectivity index (χ1n) is 7.70. The van der Waals surface area contributed by atoms with Crippen LogP contribution >= 0.6 is 0 Å². The van der Waals surface area contributed by atoms with Gasteiger partial charge in [0, 0.05) is 7.11 Å². The average Bonchev–Trinajstić information content (AvgIpc) is 2.79. The van der Waals surface area contributed by atoms with Crippen molar-refractivity contribution in [3.8, 4) is 11.5 Å². The van der Waals surface area contributed by atoms with Crippen LogP contribution in [-0.2, 0) is 4.74 Å². The third-order valence-corrected chi connectivity index (χ3v) is 4.70. The van der Waals surface area contributed by atoms with E-state index in [1.807, 2.05) is 18.2 Å². The standard InChI is InChI=1S/C17H27NO3/c1-19-13-9-8-10-14(20-2)15(13)16(18)17(21-3)11-6-4-5-7-12-17/h8-10,16H,4-7,11-12,18H2,1-3H3. The second-order valence-corrected chi connectivity index (χ2v) is 5.74. The number of hydrogen-bond donors (Lipinski definition) is 1. The first-order valence-corrected chi connectivity index (χ1v) is 7.70. The van der Waals surface area contributed by atoms with Gasteiger partial charge < -0.3 is 19.9 Å². The van der Waals surface area contributed by atoms with Gasteiger partial charge in [0.05, 0.1) is 31.4 Å². The Kier molecular flexibility index (Phi) is 5.48. The van der Waals surface area contributed by atoms with Gasteiger partial charge in [0.1, 0.15) is 11.5 Å². The quantitative estimate of drug-likeness (QED) is 0.845. The lowest BCUT2D eigenvalue weighted by atomic mass is 9.82. The molecule has 0 spiro atoms. The zero-order valence-corrected chi connectivity index (χ0v) is 13.4. The van der Waals surface area contributed by atoms with Crippen LogP contribution in [0.25, 0.3) is 0 Å². The Hall–Kier alpha value is -1.26. The van der Waals surface area contributed by atoms with E-state index in [2.05, 4.69) is 0 Å². The summed E-state index contributed by atoms with van der Waals surface area (Å²) in [7, 11) is 5.10. The molecule has 118 valence electrons. The van der Waals surface area contributed by atoms with Crippen molar-refractivity contribution in [2.75, 3.05) is 21.3 Å². The van der Waals surface area contributed by atoms with E-state index in [1.165, 1.54) is 12.8 Å². The molecule has 1 aromatic carbocycles. The molecular weight excluding hydrogens is 266 g/mol. The Morgan fingerprint density at radius 3 is 1.90 bits per heavy atom. The van der Waals surface area contributed by atoms with Crippen molar-refractivity contribution in [2.45, 2.75) is 50.2 Å². The van der Waals surface area contributed by atoms with Gasteiger partial charge in [-0.25, -0.2) is 0 Å². The predicted molar refractivity (Wildman–Crippen MR) is 83.9 cm³/mol. The average molecular weight is 293 g/mol. The normalized spacial score (nSPS) is 19.6. The third kappa shape index (κ3) is 3.16. The van der Waals surface area contributed by atoms with Crippen molar-refractivity contribution in [1.82, 2.24) is 0 Å². The van der Waals surface area contributed by atoms with Crippen LogP contribution in [0.15, 0.2) is 18.2 Å². The number of benzene rings is 1. The van der Waals surface area contributed by atoms with E-state index < -0.39 is 0 Å². The minimum Gasteiger partial charge on any atom is -0.496 e. The summed E-state index contributed by atoms with van der Waals surface area (Å²) in [5.41, 5.74) is 7.23. The highest BCUT2D eigenvalue weighted by Crippen LogP contribution is 2.44. The van der Waals surface area contributed by atoms with E-state index in [-0.39, 0.29) is 11.6 Å². The maximum absolute atomic E-state index is 6.65. The SMILES string of the molecule is COc1cccc(OC)c1C(N)C1(OC)CCCCCC1. The zero-order chi connectivity index (χ0) is 15.3. The Labute approximate surface area is 127 Å². The van der Waals surface area contributed by atoms with Gasteiger partial charge in [0.15, 0.2) is 0 Å². The van der Waals surface area contributed by atoms with E-state index in [1.54, 1.807) is 21.3 Å². The molecule has 4 nitrogen and oxygen atoms in total. The second-order valence-electron chi connectivity index (χ2n) is 5.74. The molecule has 4 heteroatoms. The van der Waals surface area contributed by atoms with Crippen LogP contribution in [0, 0.1) is 0 Å². The van der Waals surface area contributed by atoms with E-state index in [4.69, 9.17) is 19.9 Å². The minimum atomic E-state index is -0.335. The van der Waals surface area contributed by atoms with Gasteiger partial charge in [-0.05, 0) is 25.0 Å². The van der Waals surface area contributed by atoms with Gasteiger partial charge in [-0.15, -0.1) is 0 Å². The summed E-state index contributed by atoms with van der Waals surface area (Å²) in [5.74, 6) is 1.53. The molecule has 21 heavy (non-hydrogen) atoms. The molecule has 2 N–H and O–H groups in total. The Balaban J connectivity index is 2.43. The van der Waals surface area contributed by atoms with Crippen molar-refractivity contribution in [3.63, 3.8) is 0 Å². The summed E-state index contributed by atoms with van der Waals surface area (Å²) in [5, 5.41) is 0. The molecule has 1 saturated carbocycles. The molecule has 1 aromatic rings. The van der Waals surface area contributed by atoms with Gasteiger partial charge in [0.25, 0.3) is 0 Å². The van der Waals surface area contributed by atoms with Crippen molar-refractivity contribution in [2.24, 2.45) is 5.73 Å². The summed E-state index contributed by atoms with van der Waals surface area (Å²) in [4.78, 5) is 0. The smallest absolute Gasteiger partial charge is 0.127 e. The van der Waals surface area contributed by atoms with Crippen molar-refractivity contribution in [3.05, 3.63) is 23.8 Å². The number of nitrogens with two attached hydrogens (primary N) is 1. The predicted octanol–water partition coefficient (Wildman–Crippen LogP) is 3.44. The molecule has 0 aliphatic heterocycles. The largest absolute Gasteiger partial charge is 0.496 e. The number of methoxy groups -OCH3 is 3. The highest BCUT2D eigenvalue weighted by molar-refractivity contribution is 5.48. The van der Waals surface area contributed by atoms with E-state index in [9.17, 15) is 0 Å². The Morgan fingerprint density at radius 2 is 1.48 bits per heavy atom. The molecule has 2 rings (SSSR count). The molecule has 1 unspecified atom stereocenters. The van der Waals surface area contributed by atoms with Crippen LogP contribution in [0.3, 0.4) is 0 Å². The van der Waals surface area contributed by atoms with Crippen LogP contribution in [0.5, 0.6) is 11.5 Å². The van der Waals surface area contributed by atoms with Gasteiger partial charge in [-0.1, -0.05) is 31.7 Å². The maximum atomic E-state index is 6.65. The lowest BCUT2D eigenvalue weighted by Crippen LogP contribution is -2.43. The summed E-state index contributed by atoms with van der Waals surface area (Å²) in [6.07, 6.45) is 6.76. The van der Waals surface area contributed by atoms with Crippen LogP contribution < -0.4 is 15.2 Å². The second kappa shape index (κ2) is 7.14. The molecule has 1 fully saturated rings. The van der Waals surface area contributed by atoms with Gasteiger partial charge in [-0.3, -0.25) is 0 Å². The zero-order valence-electron chi connectivity index (χ0n) is 13.4. The van der Waals surface area contributed by atoms with Gasteiger partial charge >= 0.3 is 0 Å². The van der Waals surface area contributed by atoms with Crippen LogP contribution in [0.1, 0.15) is 50.1 Å². The number of hydrogen-bond acceptors (Lipinski definition) is 4.